The highest BCUT2D eigenvalue weighted by atomic mass is 16.8. The number of rotatable bonds is 6. The SMILES string of the molecule is C[C@@H]1[C@H](O)[C@@H](C)\C=C/C=C\C=C/C=C\C=C/C=C\C=C/[C@H](O[C@@H]2O[C@H](C)[C@@H](O)C[C@@H]2O)C[C@@H]2O[C@](O)(C[C@@H](O)C[C@@H](O)[C@H](O)CC[C@@H](O)C[C@@H](O)CC(=O)O[C@H]1C)C[C@H](O)[C@H]2NC(=O)NO[C@@H]1OC(CO)[C@@H](O)CC1O. The fraction of sp³-hybridized carbons (Fsp3) is 0.698. The smallest absolute Gasteiger partial charge is 0.339 e. The van der Waals surface area contributed by atoms with Crippen LogP contribution in [-0.2, 0) is 33.3 Å². The van der Waals surface area contributed by atoms with Gasteiger partial charge >= 0.3 is 12.0 Å². The Hall–Kier alpha value is -3.80. The molecule has 4 aliphatic heterocycles. The lowest BCUT2D eigenvalue weighted by Gasteiger charge is -2.46. The number of cyclic esters (lactones) is 1. The van der Waals surface area contributed by atoms with Crippen LogP contribution in [-0.4, -0.2) is 207 Å². The number of esters is 1. The molecule has 3 fully saturated rings. The van der Waals surface area contributed by atoms with Crippen LogP contribution >= 0.6 is 0 Å². The molecule has 23 nitrogen and oxygen atoms in total. The highest BCUT2D eigenvalue weighted by Gasteiger charge is 2.49. The fourth-order valence-electron chi connectivity index (χ4n) is 9.15. The van der Waals surface area contributed by atoms with Crippen LogP contribution in [0.1, 0.15) is 91.9 Å². The summed E-state index contributed by atoms with van der Waals surface area (Å²) in [5.74, 6) is -3.87. The van der Waals surface area contributed by atoms with E-state index in [0.29, 0.717) is 0 Å². The van der Waals surface area contributed by atoms with Crippen molar-refractivity contribution in [1.82, 2.24) is 10.8 Å². The van der Waals surface area contributed by atoms with Gasteiger partial charge in [-0.1, -0.05) is 98.9 Å². The first-order valence-electron chi connectivity index (χ1n) is 26.0. The summed E-state index contributed by atoms with van der Waals surface area (Å²) < 4.78 is 29.1. The number of hydrogen-bond acceptors (Lipinski definition) is 21. The largest absolute Gasteiger partial charge is 0.462 e. The number of carbonyl (C=O) groups excluding carboxylic acids is 2. The predicted molar refractivity (Wildman–Crippen MR) is 271 cm³/mol. The van der Waals surface area contributed by atoms with Crippen LogP contribution in [0.2, 0.25) is 0 Å². The summed E-state index contributed by atoms with van der Waals surface area (Å²) in [5, 5.41) is 142. The van der Waals surface area contributed by atoms with E-state index in [1.54, 1.807) is 99.8 Å². The van der Waals surface area contributed by atoms with Gasteiger partial charge in [0.25, 0.3) is 0 Å². The van der Waals surface area contributed by atoms with Crippen molar-refractivity contribution in [2.24, 2.45) is 11.8 Å². The van der Waals surface area contributed by atoms with Gasteiger partial charge in [-0.25, -0.2) is 15.1 Å². The van der Waals surface area contributed by atoms with Crippen LogP contribution in [0.15, 0.2) is 85.1 Å². The standard InChI is InChI=1S/C53H84N2O21/c1-30-17-15-13-11-9-7-5-6-8-10-12-14-16-18-37(73-50-42(64)25-39(61)33(4)72-50)24-45-48(54-52(69)55-76-51-43(65)26-41(63)46(29-56)74-51)44(66)28-53(70,75-45)27-36(59)22-40(62)38(60)20-19-34(57)21-35(58)23-47(67)71-32(3)31(2)49(30)68/h5-18,30-46,48-51,56-66,68,70H,19-29H2,1-4H3,(H2,54,55,69)/b6-5-,9-7-,10-8-,13-11-,14-12-,17-15-,18-16-/t30-,31-,32-,33+,34+,35+,36-,37-,38+,39-,40+,41-,42-,43?,44-,45-,46?,48+,49+,50-,51-,53+/m0/s1. The molecule has 2 amide bonds. The van der Waals surface area contributed by atoms with Crippen molar-refractivity contribution < 1.29 is 104 Å². The predicted octanol–water partition coefficient (Wildman–Crippen LogP) is -0.498. The zero-order valence-electron chi connectivity index (χ0n) is 43.6. The van der Waals surface area contributed by atoms with E-state index in [0.717, 1.165) is 0 Å². The Morgan fingerprint density at radius 3 is 1.84 bits per heavy atom. The van der Waals surface area contributed by atoms with Crippen molar-refractivity contribution in [3.63, 3.8) is 0 Å². The zero-order valence-corrected chi connectivity index (χ0v) is 43.6. The summed E-state index contributed by atoms with van der Waals surface area (Å²) in [7, 11) is 0. The van der Waals surface area contributed by atoms with E-state index in [-0.39, 0.29) is 44.4 Å². The summed E-state index contributed by atoms with van der Waals surface area (Å²) in [5.41, 5.74) is 2.05. The second kappa shape index (κ2) is 32.3. The van der Waals surface area contributed by atoms with E-state index in [4.69, 9.17) is 28.5 Å². The summed E-state index contributed by atoms with van der Waals surface area (Å²) in [6.07, 6.45) is -1.60. The highest BCUT2D eigenvalue weighted by Crippen LogP contribution is 2.35. The number of amides is 2. The minimum atomic E-state index is -2.36. The topological polar surface area (TPSA) is 377 Å². The van der Waals surface area contributed by atoms with Gasteiger partial charge in [-0.15, -0.1) is 0 Å². The van der Waals surface area contributed by atoms with Crippen LogP contribution in [0.5, 0.6) is 0 Å². The number of allylic oxidation sites excluding steroid dienone is 12. The maximum absolute atomic E-state index is 13.4. The Labute approximate surface area is 443 Å². The van der Waals surface area contributed by atoms with Crippen LogP contribution in [0.4, 0.5) is 4.79 Å². The van der Waals surface area contributed by atoms with E-state index in [2.05, 4.69) is 10.8 Å². The molecule has 0 radical (unpaired) electrons. The van der Waals surface area contributed by atoms with Crippen LogP contribution in [0.25, 0.3) is 0 Å². The maximum atomic E-state index is 13.4. The lowest BCUT2D eigenvalue weighted by Crippen LogP contribution is -2.63. The van der Waals surface area contributed by atoms with Gasteiger partial charge in [0, 0.05) is 50.4 Å². The molecular weight excluding hydrogens is 1000 g/mol. The quantitative estimate of drug-likeness (QED) is 0.118. The van der Waals surface area contributed by atoms with Crippen LogP contribution in [0.3, 0.4) is 0 Å². The van der Waals surface area contributed by atoms with Crippen molar-refractivity contribution >= 4 is 12.0 Å². The van der Waals surface area contributed by atoms with Gasteiger partial charge in [0.05, 0.1) is 92.3 Å². The first-order chi connectivity index (χ1) is 36.0. The van der Waals surface area contributed by atoms with E-state index >= 15 is 0 Å². The van der Waals surface area contributed by atoms with Gasteiger partial charge in [0.1, 0.15) is 24.4 Å². The lowest BCUT2D eigenvalue weighted by atomic mass is 9.87. The first-order valence-corrected chi connectivity index (χ1v) is 26.0. The van der Waals surface area contributed by atoms with Gasteiger partial charge in [0.2, 0.25) is 6.29 Å². The van der Waals surface area contributed by atoms with Gasteiger partial charge in [-0.2, -0.15) is 0 Å². The van der Waals surface area contributed by atoms with Crippen molar-refractivity contribution in [2.75, 3.05) is 6.61 Å². The molecule has 4 rings (SSSR count). The third-order valence-electron chi connectivity index (χ3n) is 13.8. The average Bonchev–Trinajstić information content (AvgIpc) is 3.34. The number of carbonyl (C=O) groups is 2. The molecule has 76 heavy (non-hydrogen) atoms. The number of urea groups is 1. The van der Waals surface area contributed by atoms with Gasteiger partial charge in [-0.05, 0) is 33.1 Å². The third kappa shape index (κ3) is 21.8. The van der Waals surface area contributed by atoms with E-state index in [1.165, 1.54) is 0 Å². The van der Waals surface area contributed by atoms with Crippen LogP contribution in [0, 0.1) is 11.8 Å². The number of aliphatic hydroxyl groups is 13. The summed E-state index contributed by atoms with van der Waals surface area (Å²) in [6.45, 7) is 6.17. The van der Waals surface area contributed by atoms with E-state index in [1.807, 2.05) is 13.0 Å². The molecule has 4 heterocycles. The molecule has 0 aromatic rings. The van der Waals surface area contributed by atoms with Crippen molar-refractivity contribution in [2.45, 2.75) is 214 Å². The van der Waals surface area contributed by atoms with E-state index < -0.39 is 172 Å². The van der Waals surface area contributed by atoms with Crippen molar-refractivity contribution in [3.05, 3.63) is 85.1 Å². The molecule has 2 bridgehead atoms. The molecule has 0 aliphatic carbocycles. The Bertz CT molecular complexity index is 1950. The number of fused-ring (bicyclic) bond motifs is 2. The average molecular weight is 1090 g/mol. The molecule has 0 spiro atoms. The second-order valence-electron chi connectivity index (χ2n) is 20.3. The Balaban J connectivity index is 1.59. The third-order valence-corrected chi connectivity index (χ3v) is 13.8. The molecule has 0 saturated carbocycles. The van der Waals surface area contributed by atoms with Crippen molar-refractivity contribution in [1.29, 1.82) is 0 Å². The zero-order chi connectivity index (χ0) is 56.1. The molecule has 4 aliphatic rings. The highest BCUT2D eigenvalue weighted by molar-refractivity contribution is 5.73. The molecule has 3 saturated heterocycles. The molecule has 0 aromatic carbocycles. The summed E-state index contributed by atoms with van der Waals surface area (Å²) in [4.78, 5) is 31.3. The second-order valence-corrected chi connectivity index (χ2v) is 20.3. The van der Waals surface area contributed by atoms with Crippen LogP contribution < -0.4 is 10.8 Å². The first kappa shape index (κ1) is 64.7. The Morgan fingerprint density at radius 2 is 1.21 bits per heavy atom. The molecule has 2 unspecified atom stereocenters. The maximum Gasteiger partial charge on any atom is 0.339 e. The minimum Gasteiger partial charge on any atom is -0.462 e. The number of hydrogen-bond donors (Lipinski definition) is 15. The number of aliphatic hydroxyl groups excluding tert-OH is 12. The number of hydroxylamine groups is 1. The minimum absolute atomic E-state index is 0.0908. The van der Waals surface area contributed by atoms with Gasteiger partial charge < -0.3 is 95.4 Å². The van der Waals surface area contributed by atoms with Gasteiger partial charge in [0.15, 0.2) is 12.1 Å². The molecule has 15 N–H and O–H groups in total. The normalized spacial score (nSPS) is 44.7. The monoisotopic (exact) mass is 1080 g/mol. The molecule has 0 aromatic heterocycles. The summed E-state index contributed by atoms with van der Waals surface area (Å²) >= 11 is 0. The number of nitrogens with one attached hydrogen (secondary N) is 2. The Kier molecular flexibility index (Phi) is 27.5. The molecular formula is C53H84N2O21. The molecule has 23 heteroatoms. The lowest BCUT2D eigenvalue weighted by molar-refractivity contribution is -0.302. The Morgan fingerprint density at radius 1 is 0.618 bits per heavy atom. The fourth-order valence-corrected chi connectivity index (χ4v) is 9.15. The molecule has 432 valence electrons. The summed E-state index contributed by atoms with van der Waals surface area (Å²) in [6, 6.07) is -2.47. The number of ether oxygens (including phenoxy) is 5. The van der Waals surface area contributed by atoms with E-state index in [9.17, 15) is 76.0 Å². The molecule has 22 atom stereocenters. The van der Waals surface area contributed by atoms with Gasteiger partial charge in [-0.3, -0.25) is 4.79 Å². The van der Waals surface area contributed by atoms with Crippen molar-refractivity contribution in [3.8, 4) is 0 Å².